The van der Waals surface area contributed by atoms with E-state index in [9.17, 15) is 37.4 Å². The maximum atomic E-state index is 14.2. The largest absolute Gasteiger partial charge is 0.421 e. The molecule has 3 aromatic rings. The summed E-state index contributed by atoms with van der Waals surface area (Å²) in [6, 6.07) is 9.54. The van der Waals surface area contributed by atoms with Gasteiger partial charge in [0.15, 0.2) is 0 Å². The van der Waals surface area contributed by atoms with Crippen molar-refractivity contribution in [2.24, 2.45) is 0 Å². The second-order valence-corrected chi connectivity index (χ2v) is 14.5. The molecule has 2 aliphatic rings. The molecular formula is C33H41F3N5O7P. The molecule has 0 unspecified atom stereocenters. The normalized spacial score (nSPS) is 18.5. The van der Waals surface area contributed by atoms with E-state index >= 15 is 0 Å². The zero-order chi connectivity index (χ0) is 35.6. The SMILES string of the molecule is COCCC(CCOC)(c1ccc(Nc2ncc(C(F)(F)F)c(Nc3ccc(C4CCC(O)CC4)c4c3C(=O)N(C)C4)n2)cc1)P(=O)(O)O. The highest BCUT2D eigenvalue weighted by molar-refractivity contribution is 7.53. The topological polar surface area (TPSA) is 166 Å². The number of aliphatic hydroxyl groups excluding tert-OH is 1. The first-order valence-corrected chi connectivity index (χ1v) is 17.5. The molecular weight excluding hydrogens is 666 g/mol. The van der Waals surface area contributed by atoms with E-state index in [1.807, 2.05) is 6.07 Å². The highest BCUT2D eigenvalue weighted by Gasteiger charge is 2.47. The van der Waals surface area contributed by atoms with Crippen LogP contribution >= 0.6 is 7.60 Å². The third-order valence-corrected chi connectivity index (χ3v) is 11.3. The maximum Gasteiger partial charge on any atom is 0.421 e. The fraction of sp³-hybridized carbons (Fsp3) is 0.485. The third-order valence-electron chi connectivity index (χ3n) is 9.46. The van der Waals surface area contributed by atoms with E-state index in [0.717, 1.165) is 24.0 Å². The maximum absolute atomic E-state index is 14.2. The summed E-state index contributed by atoms with van der Waals surface area (Å²) in [5.41, 5.74) is 1.75. The van der Waals surface area contributed by atoms with Gasteiger partial charge in [-0.2, -0.15) is 18.2 Å². The number of hydrogen-bond acceptors (Lipinski definition) is 9. The van der Waals surface area contributed by atoms with E-state index in [1.165, 1.54) is 43.4 Å². The zero-order valence-corrected chi connectivity index (χ0v) is 28.4. The Morgan fingerprint density at radius 3 is 2.18 bits per heavy atom. The first-order valence-electron chi connectivity index (χ1n) is 15.9. The number of fused-ring (bicyclic) bond motifs is 1. The van der Waals surface area contributed by atoms with Gasteiger partial charge in [0.2, 0.25) is 5.95 Å². The van der Waals surface area contributed by atoms with Gasteiger partial charge in [-0.3, -0.25) is 9.36 Å². The number of ether oxygens (including phenoxy) is 2. The van der Waals surface area contributed by atoms with Gasteiger partial charge < -0.3 is 39.9 Å². The number of methoxy groups -OCH3 is 2. The van der Waals surface area contributed by atoms with E-state index < -0.39 is 30.3 Å². The quantitative estimate of drug-likeness (QED) is 0.132. The molecule has 1 saturated carbocycles. The van der Waals surface area contributed by atoms with Crippen LogP contribution in [-0.4, -0.2) is 76.3 Å². The second-order valence-electron chi connectivity index (χ2n) is 12.6. The van der Waals surface area contributed by atoms with Gasteiger partial charge in [0.1, 0.15) is 16.5 Å². The Morgan fingerprint density at radius 2 is 1.61 bits per heavy atom. The van der Waals surface area contributed by atoms with Gasteiger partial charge in [0.25, 0.3) is 5.91 Å². The fourth-order valence-corrected chi connectivity index (χ4v) is 7.98. The second kappa shape index (κ2) is 14.7. The minimum Gasteiger partial charge on any atom is -0.393 e. The van der Waals surface area contributed by atoms with Crippen molar-refractivity contribution in [3.8, 4) is 0 Å². The van der Waals surface area contributed by atoms with Gasteiger partial charge in [-0.1, -0.05) is 18.2 Å². The molecule has 0 spiro atoms. The Labute approximate surface area is 282 Å². The summed E-state index contributed by atoms with van der Waals surface area (Å²) in [5, 5.41) is 14.0. The highest BCUT2D eigenvalue weighted by atomic mass is 31.2. The molecule has 1 aromatic heterocycles. The van der Waals surface area contributed by atoms with Crippen molar-refractivity contribution in [2.45, 2.75) is 68.4 Å². The van der Waals surface area contributed by atoms with Crippen molar-refractivity contribution in [2.75, 3.05) is 45.1 Å². The molecule has 12 nitrogen and oxygen atoms in total. The minimum atomic E-state index is -4.81. The lowest BCUT2D eigenvalue weighted by molar-refractivity contribution is -0.137. The molecule has 2 aromatic carbocycles. The van der Waals surface area contributed by atoms with E-state index in [2.05, 4.69) is 20.6 Å². The average molecular weight is 708 g/mol. The molecule has 5 N–H and O–H groups in total. The number of alkyl halides is 3. The summed E-state index contributed by atoms with van der Waals surface area (Å²) in [6.45, 7) is 0.488. The standard InChI is InChI=1S/C33H41F3N5O7P/c1-41-19-25-24(20-4-10-23(42)11-5-20)12-13-27(28(25)30(41)43)39-29-26(33(34,35)36)18-37-31(40-29)38-22-8-6-21(7-9-22)32(14-16-47-2,15-17-48-3)49(44,45)46/h6-9,12-13,18,20,23,42H,4-5,10-11,14-17,19H2,1-3H3,(H2,44,45,46)(H2,37,38,39,40). The number of rotatable bonds is 13. The molecule has 1 aliphatic heterocycles. The summed E-state index contributed by atoms with van der Waals surface area (Å²) in [7, 11) is -0.210. The molecule has 1 fully saturated rings. The number of carbonyl (C=O) groups excluding carboxylic acids is 1. The third kappa shape index (κ3) is 7.77. The molecule has 1 aliphatic carbocycles. The molecule has 1 amide bonds. The Morgan fingerprint density at radius 1 is 0.980 bits per heavy atom. The van der Waals surface area contributed by atoms with Crippen molar-refractivity contribution in [1.82, 2.24) is 14.9 Å². The molecule has 0 saturated heterocycles. The summed E-state index contributed by atoms with van der Waals surface area (Å²) < 4.78 is 65.6. The van der Waals surface area contributed by atoms with Crippen molar-refractivity contribution in [3.05, 3.63) is 70.4 Å². The molecule has 0 radical (unpaired) electrons. The van der Waals surface area contributed by atoms with Gasteiger partial charge in [0.05, 0.1) is 17.4 Å². The lowest BCUT2D eigenvalue weighted by Gasteiger charge is -2.34. The van der Waals surface area contributed by atoms with Gasteiger partial charge in [0, 0.05) is 52.9 Å². The number of hydrogen-bond donors (Lipinski definition) is 5. The molecule has 49 heavy (non-hydrogen) atoms. The summed E-state index contributed by atoms with van der Waals surface area (Å²) >= 11 is 0. The van der Waals surface area contributed by atoms with E-state index in [0.29, 0.717) is 42.4 Å². The molecule has 5 rings (SSSR count). The summed E-state index contributed by atoms with van der Waals surface area (Å²) in [4.78, 5) is 43.6. The van der Waals surface area contributed by atoms with Crippen LogP contribution in [0.2, 0.25) is 0 Å². The highest BCUT2D eigenvalue weighted by Crippen LogP contribution is 2.61. The van der Waals surface area contributed by atoms with Gasteiger partial charge in [-0.15, -0.1) is 0 Å². The zero-order valence-electron chi connectivity index (χ0n) is 27.5. The number of carbonyl (C=O) groups is 1. The van der Waals surface area contributed by atoms with Crippen molar-refractivity contribution in [1.29, 1.82) is 0 Å². The molecule has 2 heterocycles. The number of aliphatic hydroxyl groups is 1. The average Bonchev–Trinajstić information content (AvgIpc) is 3.35. The Kier molecular flexibility index (Phi) is 11.0. The van der Waals surface area contributed by atoms with Gasteiger partial charge >= 0.3 is 13.8 Å². The van der Waals surface area contributed by atoms with E-state index in [-0.39, 0.29) is 55.6 Å². The van der Waals surface area contributed by atoms with Crippen LogP contribution in [0.3, 0.4) is 0 Å². The Bertz CT molecular complexity index is 1690. The number of aromatic nitrogens is 2. The van der Waals surface area contributed by atoms with Crippen LogP contribution in [0.1, 0.15) is 77.1 Å². The Balaban J connectivity index is 1.46. The van der Waals surface area contributed by atoms with Crippen LogP contribution in [0.15, 0.2) is 42.6 Å². The predicted molar refractivity (Wildman–Crippen MR) is 176 cm³/mol. The van der Waals surface area contributed by atoms with Gasteiger partial charge in [-0.05, 0) is 79.3 Å². The van der Waals surface area contributed by atoms with E-state index in [1.54, 1.807) is 13.1 Å². The number of nitrogens with one attached hydrogen (secondary N) is 2. The van der Waals surface area contributed by atoms with Crippen molar-refractivity contribution < 1.29 is 46.9 Å². The molecule has 0 atom stereocenters. The van der Waals surface area contributed by atoms with Gasteiger partial charge in [-0.25, -0.2) is 4.98 Å². The smallest absolute Gasteiger partial charge is 0.393 e. The number of benzene rings is 2. The summed E-state index contributed by atoms with van der Waals surface area (Å²) in [6.07, 6.45) is -1.70. The van der Waals surface area contributed by atoms with Crippen molar-refractivity contribution in [3.63, 3.8) is 0 Å². The first kappa shape index (κ1) is 36.7. The van der Waals surface area contributed by atoms with Crippen LogP contribution in [0.25, 0.3) is 0 Å². The van der Waals surface area contributed by atoms with E-state index in [4.69, 9.17) is 9.47 Å². The van der Waals surface area contributed by atoms with Crippen LogP contribution in [-0.2, 0) is 31.9 Å². The lowest BCUT2D eigenvalue weighted by Crippen LogP contribution is -2.29. The first-order chi connectivity index (χ1) is 23.2. The number of halogens is 3. The van der Waals surface area contributed by atoms with Crippen LogP contribution in [0, 0.1) is 0 Å². The van der Waals surface area contributed by atoms with Crippen LogP contribution in [0.4, 0.5) is 36.3 Å². The molecule has 266 valence electrons. The lowest BCUT2D eigenvalue weighted by atomic mass is 9.80. The monoisotopic (exact) mass is 707 g/mol. The van der Waals surface area contributed by atoms with Crippen LogP contribution < -0.4 is 10.6 Å². The summed E-state index contributed by atoms with van der Waals surface area (Å²) in [5.74, 6) is -0.928. The molecule has 16 heteroatoms. The molecule has 0 bridgehead atoms. The number of amides is 1. The number of anilines is 4. The fourth-order valence-electron chi connectivity index (χ4n) is 6.73. The minimum absolute atomic E-state index is 0.0215. The van der Waals surface area contributed by atoms with Crippen LogP contribution in [0.5, 0.6) is 0 Å². The number of nitrogens with zero attached hydrogens (tertiary/aromatic N) is 3. The van der Waals surface area contributed by atoms with Crippen molar-refractivity contribution >= 4 is 36.6 Å². The Hall–Kier alpha value is -3.59. The predicted octanol–water partition coefficient (Wildman–Crippen LogP) is 6.03.